The smallest absolute Gasteiger partial charge is 0.165 e. The number of aliphatic hydroxyl groups is 1. The summed E-state index contributed by atoms with van der Waals surface area (Å²) in [5.74, 6) is 1.66. The lowest BCUT2D eigenvalue weighted by atomic mass is 10.1. The predicted octanol–water partition coefficient (Wildman–Crippen LogP) is 2.66. The fourth-order valence-electron chi connectivity index (χ4n) is 2.49. The van der Waals surface area contributed by atoms with E-state index in [4.69, 9.17) is 9.47 Å². The van der Waals surface area contributed by atoms with Crippen molar-refractivity contribution in [1.29, 1.82) is 0 Å². The van der Waals surface area contributed by atoms with Crippen molar-refractivity contribution >= 4 is 12.4 Å². The van der Waals surface area contributed by atoms with Crippen molar-refractivity contribution in [2.45, 2.75) is 19.7 Å². The van der Waals surface area contributed by atoms with Crippen LogP contribution in [0.3, 0.4) is 0 Å². The van der Waals surface area contributed by atoms with Gasteiger partial charge in [-0.25, -0.2) is 0 Å². The number of hydrogen-bond donors (Lipinski definition) is 2. The van der Waals surface area contributed by atoms with E-state index in [-0.39, 0.29) is 19.0 Å². The van der Waals surface area contributed by atoms with E-state index in [0.29, 0.717) is 26.3 Å². The zero-order valence-corrected chi connectivity index (χ0v) is 13.1. The average molecular weight is 322 g/mol. The first-order valence-electron chi connectivity index (χ1n) is 7.14. The summed E-state index contributed by atoms with van der Waals surface area (Å²) in [6, 6.07) is 13.8. The number of nitrogens with one attached hydrogen (secondary N) is 1. The molecule has 0 saturated heterocycles. The Balaban J connectivity index is 0.00000176. The zero-order chi connectivity index (χ0) is 14.5. The van der Waals surface area contributed by atoms with Crippen LogP contribution in [-0.2, 0) is 19.7 Å². The Morgan fingerprint density at radius 2 is 1.55 bits per heavy atom. The lowest BCUT2D eigenvalue weighted by Gasteiger charge is -2.21. The van der Waals surface area contributed by atoms with E-state index in [9.17, 15) is 5.11 Å². The summed E-state index contributed by atoms with van der Waals surface area (Å²) < 4.78 is 11.3. The Morgan fingerprint density at radius 3 is 2.36 bits per heavy atom. The Hall–Kier alpha value is -1.75. The maximum Gasteiger partial charge on any atom is 0.165 e. The molecule has 2 N–H and O–H groups in total. The molecule has 0 bridgehead atoms. The topological polar surface area (TPSA) is 50.7 Å². The average Bonchev–Trinajstić information content (AvgIpc) is 2.55. The molecule has 22 heavy (non-hydrogen) atoms. The summed E-state index contributed by atoms with van der Waals surface area (Å²) in [5, 5.41) is 12.7. The molecule has 5 heteroatoms. The normalized spacial score (nSPS) is 12.6. The van der Waals surface area contributed by atoms with Gasteiger partial charge in [0.05, 0.1) is 6.61 Å². The van der Waals surface area contributed by atoms with Gasteiger partial charge in [0.25, 0.3) is 0 Å². The molecule has 3 rings (SSSR count). The van der Waals surface area contributed by atoms with Crippen molar-refractivity contribution in [2.24, 2.45) is 0 Å². The molecule has 0 aliphatic carbocycles. The highest BCUT2D eigenvalue weighted by Crippen LogP contribution is 2.33. The van der Waals surface area contributed by atoms with Crippen LogP contribution >= 0.6 is 12.4 Å². The number of aliphatic hydroxyl groups excluding tert-OH is 1. The quantitative estimate of drug-likeness (QED) is 0.889. The van der Waals surface area contributed by atoms with Crippen LogP contribution in [0.1, 0.15) is 16.7 Å². The zero-order valence-electron chi connectivity index (χ0n) is 12.2. The van der Waals surface area contributed by atoms with E-state index >= 15 is 0 Å². The summed E-state index contributed by atoms with van der Waals surface area (Å²) >= 11 is 0. The van der Waals surface area contributed by atoms with Gasteiger partial charge in [-0.2, -0.15) is 0 Å². The van der Waals surface area contributed by atoms with Gasteiger partial charge in [-0.15, -0.1) is 12.4 Å². The van der Waals surface area contributed by atoms with Crippen LogP contribution in [0.2, 0.25) is 0 Å². The highest BCUT2D eigenvalue weighted by atomic mass is 35.5. The van der Waals surface area contributed by atoms with Crippen LogP contribution in [0.4, 0.5) is 0 Å². The van der Waals surface area contributed by atoms with E-state index in [1.165, 1.54) is 0 Å². The standard InChI is InChI=1S/C17H19NO3.ClH/c19-12-15-5-2-1-4-13(15)10-18-11-14-6-3-7-16-17(14)21-9-8-20-16;/h1-7,18-19H,8-12H2;1H. The van der Waals surface area contributed by atoms with Gasteiger partial charge in [0.1, 0.15) is 13.2 Å². The van der Waals surface area contributed by atoms with Gasteiger partial charge < -0.3 is 19.9 Å². The summed E-state index contributed by atoms with van der Waals surface area (Å²) in [5.41, 5.74) is 3.16. The molecule has 2 aromatic carbocycles. The molecule has 118 valence electrons. The largest absolute Gasteiger partial charge is 0.486 e. The molecular formula is C17H20ClNO3. The van der Waals surface area contributed by atoms with Crippen LogP contribution in [0.5, 0.6) is 11.5 Å². The molecule has 0 unspecified atom stereocenters. The van der Waals surface area contributed by atoms with Crippen molar-refractivity contribution in [3.8, 4) is 11.5 Å². The molecule has 2 aromatic rings. The number of rotatable bonds is 5. The van der Waals surface area contributed by atoms with Crippen molar-refractivity contribution in [2.75, 3.05) is 13.2 Å². The lowest BCUT2D eigenvalue weighted by molar-refractivity contribution is 0.169. The predicted molar refractivity (Wildman–Crippen MR) is 87.6 cm³/mol. The molecule has 4 nitrogen and oxygen atoms in total. The molecule has 0 spiro atoms. The lowest BCUT2D eigenvalue weighted by Crippen LogP contribution is -2.19. The third-order valence-electron chi connectivity index (χ3n) is 3.57. The van der Waals surface area contributed by atoms with Crippen molar-refractivity contribution in [3.05, 3.63) is 59.2 Å². The summed E-state index contributed by atoms with van der Waals surface area (Å²) in [6.45, 7) is 2.67. The molecule has 0 amide bonds. The van der Waals surface area contributed by atoms with Gasteiger partial charge in [-0.3, -0.25) is 0 Å². The second kappa shape index (κ2) is 8.03. The molecule has 0 fully saturated rings. The van der Waals surface area contributed by atoms with Crippen LogP contribution in [-0.4, -0.2) is 18.3 Å². The monoisotopic (exact) mass is 321 g/mol. The second-order valence-corrected chi connectivity index (χ2v) is 4.97. The first-order chi connectivity index (χ1) is 10.4. The highest BCUT2D eigenvalue weighted by molar-refractivity contribution is 5.85. The first-order valence-corrected chi connectivity index (χ1v) is 7.14. The maximum absolute atomic E-state index is 9.33. The third kappa shape index (κ3) is 3.71. The SMILES string of the molecule is Cl.OCc1ccccc1CNCc1cccc2c1OCCO2. The van der Waals surface area contributed by atoms with E-state index in [2.05, 4.69) is 5.32 Å². The number of halogens is 1. The van der Waals surface area contributed by atoms with E-state index < -0.39 is 0 Å². The van der Waals surface area contributed by atoms with E-state index in [1.54, 1.807) is 0 Å². The molecular weight excluding hydrogens is 302 g/mol. The van der Waals surface area contributed by atoms with Gasteiger partial charge >= 0.3 is 0 Å². The summed E-state index contributed by atoms with van der Waals surface area (Å²) in [7, 11) is 0. The number of hydrogen-bond acceptors (Lipinski definition) is 4. The fourth-order valence-corrected chi connectivity index (χ4v) is 2.49. The number of para-hydroxylation sites is 1. The van der Waals surface area contributed by atoms with Crippen LogP contribution in [0, 0.1) is 0 Å². The Bertz CT molecular complexity index is 619. The molecule has 0 radical (unpaired) electrons. The molecule has 1 aliphatic rings. The number of benzene rings is 2. The van der Waals surface area contributed by atoms with Gasteiger partial charge in [0.2, 0.25) is 0 Å². The van der Waals surface area contributed by atoms with Crippen LogP contribution in [0.25, 0.3) is 0 Å². The van der Waals surface area contributed by atoms with Crippen LogP contribution in [0.15, 0.2) is 42.5 Å². The second-order valence-electron chi connectivity index (χ2n) is 4.97. The van der Waals surface area contributed by atoms with Gasteiger partial charge in [-0.1, -0.05) is 36.4 Å². The Kier molecular flexibility index (Phi) is 6.07. The van der Waals surface area contributed by atoms with Crippen molar-refractivity contribution < 1.29 is 14.6 Å². The minimum absolute atomic E-state index is 0. The minimum atomic E-state index is 0. The van der Waals surface area contributed by atoms with Gasteiger partial charge in [0.15, 0.2) is 11.5 Å². The number of ether oxygens (including phenoxy) is 2. The molecule has 0 aromatic heterocycles. The van der Waals surface area contributed by atoms with Gasteiger partial charge in [0, 0.05) is 18.7 Å². The van der Waals surface area contributed by atoms with Crippen molar-refractivity contribution in [3.63, 3.8) is 0 Å². The Morgan fingerprint density at radius 1 is 0.864 bits per heavy atom. The molecule has 0 atom stereocenters. The summed E-state index contributed by atoms with van der Waals surface area (Å²) in [4.78, 5) is 0. The van der Waals surface area contributed by atoms with E-state index in [0.717, 1.165) is 28.2 Å². The first kappa shape index (κ1) is 16.6. The van der Waals surface area contributed by atoms with Crippen molar-refractivity contribution in [1.82, 2.24) is 5.32 Å². The highest BCUT2D eigenvalue weighted by Gasteiger charge is 2.15. The fraction of sp³-hybridized carbons (Fsp3) is 0.294. The molecule has 1 aliphatic heterocycles. The van der Waals surface area contributed by atoms with Gasteiger partial charge in [-0.05, 0) is 17.2 Å². The minimum Gasteiger partial charge on any atom is -0.486 e. The number of fused-ring (bicyclic) bond motifs is 1. The molecule has 0 saturated carbocycles. The summed E-state index contributed by atoms with van der Waals surface area (Å²) in [6.07, 6.45) is 0. The van der Waals surface area contributed by atoms with Crippen LogP contribution < -0.4 is 14.8 Å². The molecule has 1 heterocycles. The Labute approximate surface area is 136 Å². The third-order valence-corrected chi connectivity index (χ3v) is 3.57. The van der Waals surface area contributed by atoms with E-state index in [1.807, 2.05) is 42.5 Å². The maximum atomic E-state index is 9.33.